The van der Waals surface area contributed by atoms with Crippen molar-refractivity contribution in [2.24, 2.45) is 7.05 Å². The number of aromatic nitrogens is 1. The van der Waals surface area contributed by atoms with E-state index in [1.54, 1.807) is 0 Å². The summed E-state index contributed by atoms with van der Waals surface area (Å²) in [5.74, 6) is -1.15. The van der Waals surface area contributed by atoms with E-state index in [9.17, 15) is 4.79 Å². The number of carboxylic acids is 1. The molecule has 0 saturated carbocycles. The molecule has 5 nitrogen and oxygen atoms in total. The van der Waals surface area contributed by atoms with Crippen molar-refractivity contribution in [1.29, 1.82) is 5.26 Å². The Balaban J connectivity index is 3.57. The lowest BCUT2D eigenvalue weighted by Crippen LogP contribution is -2.07. The average Bonchev–Trinajstić information content (AvgIpc) is 2.24. The number of nitrogens with two attached hydrogens (primary N) is 1. The molecule has 68 valence electrons. The Morgan fingerprint density at radius 2 is 2.31 bits per heavy atom. The van der Waals surface area contributed by atoms with Gasteiger partial charge in [0.15, 0.2) is 5.69 Å². The van der Waals surface area contributed by atoms with E-state index in [1.165, 1.54) is 11.6 Å². The number of halogens is 1. The van der Waals surface area contributed by atoms with Gasteiger partial charge in [0.05, 0.1) is 5.69 Å². The number of nitrogens with zero attached hydrogens (tertiary/aromatic N) is 2. The summed E-state index contributed by atoms with van der Waals surface area (Å²) in [7, 11) is 1.52. The number of hydrogen-bond donors (Lipinski definition) is 2. The van der Waals surface area contributed by atoms with Crippen molar-refractivity contribution in [1.82, 2.24) is 4.57 Å². The predicted molar refractivity (Wildman–Crippen MR) is 49.2 cm³/mol. The summed E-state index contributed by atoms with van der Waals surface area (Å²) >= 11 is 3.08. The van der Waals surface area contributed by atoms with E-state index in [0.29, 0.717) is 4.60 Å². The molecule has 0 aliphatic heterocycles. The fourth-order valence-corrected chi connectivity index (χ4v) is 1.52. The fraction of sp³-hybridized carbons (Fsp3) is 0.143. The molecule has 0 spiro atoms. The summed E-state index contributed by atoms with van der Waals surface area (Å²) in [5, 5.41) is 17.4. The van der Waals surface area contributed by atoms with Crippen molar-refractivity contribution < 1.29 is 9.90 Å². The molecule has 0 saturated heterocycles. The van der Waals surface area contributed by atoms with Crippen molar-refractivity contribution >= 4 is 27.6 Å². The van der Waals surface area contributed by atoms with Gasteiger partial charge in [0.1, 0.15) is 16.2 Å². The molecule has 3 N–H and O–H groups in total. The van der Waals surface area contributed by atoms with Crippen LogP contribution >= 0.6 is 15.9 Å². The highest BCUT2D eigenvalue weighted by Crippen LogP contribution is 2.28. The second-order valence-electron chi connectivity index (χ2n) is 2.40. The molecule has 0 fully saturated rings. The standard InChI is InChI=1S/C7H6BrN3O2/c1-11-5(7(12)13)4(10)3(2-9)6(11)8/h10H2,1H3,(H,12,13). The average molecular weight is 244 g/mol. The molecule has 6 heteroatoms. The lowest BCUT2D eigenvalue weighted by molar-refractivity contribution is 0.0687. The maximum absolute atomic E-state index is 10.7. The molecular formula is C7H6BrN3O2. The van der Waals surface area contributed by atoms with Gasteiger partial charge >= 0.3 is 5.97 Å². The highest BCUT2D eigenvalue weighted by atomic mass is 79.9. The summed E-state index contributed by atoms with van der Waals surface area (Å²) in [6, 6.07) is 1.82. The number of aromatic carboxylic acids is 1. The molecule has 1 aromatic heterocycles. The molecule has 1 rings (SSSR count). The third-order valence-electron chi connectivity index (χ3n) is 1.68. The van der Waals surface area contributed by atoms with Crippen molar-refractivity contribution in [2.45, 2.75) is 0 Å². The Hall–Kier alpha value is -1.48. The van der Waals surface area contributed by atoms with Crippen LogP contribution in [0.3, 0.4) is 0 Å². The van der Waals surface area contributed by atoms with Gasteiger partial charge in [-0.15, -0.1) is 0 Å². The van der Waals surface area contributed by atoms with Gasteiger partial charge in [0.25, 0.3) is 0 Å². The third kappa shape index (κ3) is 1.27. The van der Waals surface area contributed by atoms with Crippen molar-refractivity contribution in [3.05, 3.63) is 15.9 Å². The monoisotopic (exact) mass is 243 g/mol. The topological polar surface area (TPSA) is 92.0 Å². The van der Waals surface area contributed by atoms with Gasteiger partial charge in [-0.05, 0) is 15.9 Å². The smallest absolute Gasteiger partial charge is 0.354 e. The lowest BCUT2D eigenvalue weighted by Gasteiger charge is -1.97. The van der Waals surface area contributed by atoms with Crippen LogP contribution in [0.1, 0.15) is 16.1 Å². The van der Waals surface area contributed by atoms with E-state index in [2.05, 4.69) is 15.9 Å². The minimum atomic E-state index is -1.15. The normalized spacial score (nSPS) is 9.62. The number of carboxylic acid groups (broad SMARTS) is 1. The minimum absolute atomic E-state index is 0.00984. The van der Waals surface area contributed by atoms with Gasteiger partial charge < -0.3 is 15.4 Å². The quantitative estimate of drug-likeness (QED) is 0.768. The first-order valence-electron chi connectivity index (χ1n) is 3.27. The molecule has 1 heterocycles. The Labute approximate surface area is 82.5 Å². The van der Waals surface area contributed by atoms with E-state index in [1.807, 2.05) is 6.07 Å². The van der Waals surface area contributed by atoms with E-state index in [0.717, 1.165) is 0 Å². The zero-order chi connectivity index (χ0) is 10.2. The van der Waals surface area contributed by atoms with Crippen LogP contribution in [-0.4, -0.2) is 15.6 Å². The molecule has 0 unspecified atom stereocenters. The molecule has 13 heavy (non-hydrogen) atoms. The number of nitrogen functional groups attached to an aromatic ring is 1. The van der Waals surface area contributed by atoms with Crippen LogP contribution in [0, 0.1) is 11.3 Å². The fourth-order valence-electron chi connectivity index (χ4n) is 1.04. The number of hydrogen-bond acceptors (Lipinski definition) is 3. The molecular weight excluding hydrogens is 238 g/mol. The van der Waals surface area contributed by atoms with Crippen LogP contribution in [0.2, 0.25) is 0 Å². The second-order valence-corrected chi connectivity index (χ2v) is 3.16. The molecule has 0 amide bonds. The number of carbonyl (C=O) groups is 1. The minimum Gasteiger partial charge on any atom is -0.477 e. The van der Waals surface area contributed by atoms with E-state index in [-0.39, 0.29) is 16.9 Å². The predicted octanol–water partition coefficient (Wildman–Crippen LogP) is 0.940. The summed E-state index contributed by atoms with van der Waals surface area (Å²) in [6.45, 7) is 0. The maximum atomic E-state index is 10.7. The molecule has 0 bridgehead atoms. The highest BCUT2D eigenvalue weighted by molar-refractivity contribution is 9.10. The third-order valence-corrected chi connectivity index (χ3v) is 2.60. The van der Waals surface area contributed by atoms with Crippen LogP contribution in [0.5, 0.6) is 0 Å². The zero-order valence-electron chi connectivity index (χ0n) is 6.71. The van der Waals surface area contributed by atoms with Crippen LogP contribution in [0.15, 0.2) is 4.60 Å². The first-order chi connectivity index (χ1) is 6.00. The van der Waals surface area contributed by atoms with E-state index >= 15 is 0 Å². The van der Waals surface area contributed by atoms with Gasteiger partial charge in [-0.3, -0.25) is 0 Å². The first kappa shape index (κ1) is 9.61. The second kappa shape index (κ2) is 3.11. The van der Waals surface area contributed by atoms with Crippen molar-refractivity contribution in [3.8, 4) is 6.07 Å². The molecule has 0 radical (unpaired) electrons. The zero-order valence-corrected chi connectivity index (χ0v) is 8.29. The molecule has 0 aliphatic rings. The van der Waals surface area contributed by atoms with Crippen molar-refractivity contribution in [2.75, 3.05) is 5.73 Å². The largest absolute Gasteiger partial charge is 0.477 e. The summed E-state index contributed by atoms with van der Waals surface area (Å²) in [5.41, 5.74) is 5.52. The summed E-state index contributed by atoms with van der Waals surface area (Å²) in [6.07, 6.45) is 0. The molecule has 0 aromatic carbocycles. The maximum Gasteiger partial charge on any atom is 0.354 e. The van der Waals surface area contributed by atoms with Gasteiger partial charge in [0.2, 0.25) is 0 Å². The Morgan fingerprint density at radius 1 is 1.77 bits per heavy atom. The van der Waals surface area contributed by atoms with Crippen LogP contribution in [-0.2, 0) is 7.05 Å². The summed E-state index contributed by atoms with van der Waals surface area (Å²) in [4.78, 5) is 10.7. The van der Waals surface area contributed by atoms with Crippen molar-refractivity contribution in [3.63, 3.8) is 0 Å². The number of anilines is 1. The number of nitriles is 1. The van der Waals surface area contributed by atoms with Gasteiger partial charge in [-0.25, -0.2) is 4.79 Å². The Bertz CT molecular complexity index is 416. The lowest BCUT2D eigenvalue weighted by atomic mass is 10.3. The Morgan fingerprint density at radius 3 is 2.54 bits per heavy atom. The first-order valence-corrected chi connectivity index (χ1v) is 4.07. The van der Waals surface area contributed by atoms with Crippen LogP contribution < -0.4 is 5.73 Å². The molecule has 0 aliphatic carbocycles. The Kier molecular flexibility index (Phi) is 2.30. The number of rotatable bonds is 1. The van der Waals surface area contributed by atoms with Gasteiger partial charge in [-0.1, -0.05) is 0 Å². The van der Waals surface area contributed by atoms with Crippen LogP contribution in [0.25, 0.3) is 0 Å². The van der Waals surface area contributed by atoms with E-state index < -0.39 is 5.97 Å². The van der Waals surface area contributed by atoms with Gasteiger partial charge in [-0.2, -0.15) is 5.26 Å². The van der Waals surface area contributed by atoms with Gasteiger partial charge in [0, 0.05) is 7.05 Å². The highest BCUT2D eigenvalue weighted by Gasteiger charge is 2.21. The summed E-state index contributed by atoms with van der Waals surface area (Å²) < 4.78 is 1.70. The molecule has 1 aromatic rings. The van der Waals surface area contributed by atoms with Crippen LogP contribution in [0.4, 0.5) is 5.69 Å². The molecule has 0 atom stereocenters. The SMILES string of the molecule is Cn1c(Br)c(C#N)c(N)c1C(=O)O. The van der Waals surface area contributed by atoms with E-state index in [4.69, 9.17) is 16.1 Å².